The van der Waals surface area contributed by atoms with Gasteiger partial charge in [-0.15, -0.1) is 0 Å². The van der Waals surface area contributed by atoms with Crippen molar-refractivity contribution in [1.82, 2.24) is 0 Å². The molecule has 204 valence electrons. The molecule has 11 heteroatoms. The summed E-state index contributed by atoms with van der Waals surface area (Å²) in [6, 6.07) is 10.2. The summed E-state index contributed by atoms with van der Waals surface area (Å²) in [5, 5.41) is 59.7. The zero-order valence-electron chi connectivity index (χ0n) is 20.6. The van der Waals surface area contributed by atoms with Crippen LogP contribution in [0.5, 0.6) is 23.0 Å². The summed E-state index contributed by atoms with van der Waals surface area (Å²) < 4.78 is 27.9. The number of aromatic hydroxyl groups is 1. The minimum Gasteiger partial charge on any atom is -0.504 e. The van der Waals surface area contributed by atoms with Crippen LogP contribution in [0.3, 0.4) is 0 Å². The van der Waals surface area contributed by atoms with Gasteiger partial charge in [-0.3, -0.25) is 0 Å². The van der Waals surface area contributed by atoms with Gasteiger partial charge in [0, 0.05) is 12.5 Å². The molecule has 4 rings (SSSR count). The molecule has 6 N–H and O–H groups in total. The van der Waals surface area contributed by atoms with Gasteiger partial charge in [0.1, 0.15) is 24.4 Å². The summed E-state index contributed by atoms with van der Waals surface area (Å²) in [7, 11) is 2.93. The molecule has 2 aliphatic heterocycles. The van der Waals surface area contributed by atoms with Crippen molar-refractivity contribution in [2.75, 3.05) is 34.0 Å². The van der Waals surface area contributed by atoms with Gasteiger partial charge in [-0.1, -0.05) is 12.1 Å². The van der Waals surface area contributed by atoms with Crippen molar-refractivity contribution in [3.63, 3.8) is 0 Å². The second-order valence-electron chi connectivity index (χ2n) is 9.30. The molecule has 0 aliphatic carbocycles. The molecular weight excluding hydrogens is 488 g/mol. The number of aliphatic hydroxyl groups excluding tert-OH is 5. The lowest BCUT2D eigenvalue weighted by Gasteiger charge is -2.39. The number of hydrogen-bond acceptors (Lipinski definition) is 11. The van der Waals surface area contributed by atoms with Crippen molar-refractivity contribution in [2.24, 2.45) is 11.8 Å². The van der Waals surface area contributed by atoms with E-state index < -0.39 is 43.4 Å². The van der Waals surface area contributed by atoms with E-state index in [1.54, 1.807) is 30.3 Å². The molecule has 2 saturated heterocycles. The molecule has 37 heavy (non-hydrogen) atoms. The number of ether oxygens (including phenoxy) is 5. The topological polar surface area (TPSA) is 168 Å². The summed E-state index contributed by atoms with van der Waals surface area (Å²) in [4.78, 5) is 0. The maximum Gasteiger partial charge on any atom is 0.229 e. The van der Waals surface area contributed by atoms with E-state index in [1.807, 2.05) is 6.07 Å². The molecule has 0 spiro atoms. The fourth-order valence-corrected chi connectivity index (χ4v) is 4.92. The highest BCUT2D eigenvalue weighted by Gasteiger charge is 2.45. The largest absolute Gasteiger partial charge is 0.504 e. The average molecular weight is 523 g/mol. The third-order valence-corrected chi connectivity index (χ3v) is 7.04. The van der Waals surface area contributed by atoms with Crippen LogP contribution in [-0.4, -0.2) is 95.4 Å². The van der Waals surface area contributed by atoms with Gasteiger partial charge in [0.25, 0.3) is 0 Å². The summed E-state index contributed by atoms with van der Waals surface area (Å²) in [6.07, 6.45) is -6.86. The fraction of sp³-hybridized carbons (Fsp3) is 0.538. The Morgan fingerprint density at radius 1 is 0.865 bits per heavy atom. The zero-order valence-corrected chi connectivity index (χ0v) is 20.6. The van der Waals surface area contributed by atoms with Gasteiger partial charge < -0.3 is 54.3 Å². The fourth-order valence-electron chi connectivity index (χ4n) is 4.92. The van der Waals surface area contributed by atoms with Crippen molar-refractivity contribution in [3.05, 3.63) is 47.5 Å². The third-order valence-electron chi connectivity index (χ3n) is 7.04. The Morgan fingerprint density at radius 2 is 1.62 bits per heavy atom. The molecule has 0 aromatic heterocycles. The smallest absolute Gasteiger partial charge is 0.229 e. The van der Waals surface area contributed by atoms with Crippen molar-refractivity contribution < 1.29 is 54.3 Å². The van der Waals surface area contributed by atoms with Crippen LogP contribution in [0.4, 0.5) is 0 Å². The number of phenolic OH excluding ortho intramolecular Hbond substituents is 1. The van der Waals surface area contributed by atoms with Gasteiger partial charge in [-0.25, -0.2) is 0 Å². The Labute approximate surface area is 214 Å². The number of phenols is 1. The molecule has 0 amide bonds. The summed E-state index contributed by atoms with van der Waals surface area (Å²) >= 11 is 0. The van der Waals surface area contributed by atoms with E-state index in [9.17, 15) is 30.6 Å². The summed E-state index contributed by atoms with van der Waals surface area (Å²) in [6.45, 7) is -0.249. The first kappa shape index (κ1) is 27.4. The average Bonchev–Trinajstić information content (AvgIpc) is 3.32. The highest BCUT2D eigenvalue weighted by molar-refractivity contribution is 5.44. The molecule has 0 radical (unpaired) electrons. The maximum atomic E-state index is 10.3. The highest BCUT2D eigenvalue weighted by atomic mass is 16.7. The van der Waals surface area contributed by atoms with E-state index in [2.05, 4.69) is 0 Å². The Kier molecular flexibility index (Phi) is 8.75. The van der Waals surface area contributed by atoms with Gasteiger partial charge >= 0.3 is 0 Å². The van der Waals surface area contributed by atoms with Crippen LogP contribution in [0, 0.1) is 11.8 Å². The zero-order chi connectivity index (χ0) is 26.7. The predicted molar refractivity (Wildman–Crippen MR) is 129 cm³/mol. The first-order valence-electron chi connectivity index (χ1n) is 12.0. The van der Waals surface area contributed by atoms with Crippen LogP contribution in [0.25, 0.3) is 0 Å². The van der Waals surface area contributed by atoms with Crippen molar-refractivity contribution >= 4 is 0 Å². The number of hydrogen-bond donors (Lipinski definition) is 6. The van der Waals surface area contributed by atoms with Gasteiger partial charge in [0.2, 0.25) is 6.29 Å². The number of methoxy groups -OCH3 is 2. The molecule has 0 saturated carbocycles. The van der Waals surface area contributed by atoms with E-state index in [0.29, 0.717) is 24.5 Å². The number of benzene rings is 2. The normalized spacial score (nSPS) is 31.8. The highest BCUT2D eigenvalue weighted by Crippen LogP contribution is 2.43. The standard InChI is InChI=1S/C26H34O11/c1-33-19-8-13(3-5-17(19)29)7-15-12-35-25(16(15)10-27)14-4-6-18(20(9-14)34-2)36-26-24(32)23(31)22(30)21(11-28)37-26/h3-6,8-9,15-16,21-32H,7,10-12H2,1-2H3/t15-,16-,21+,22-,23-,24-,25+,26-/m1/s1. The molecule has 2 aromatic carbocycles. The molecule has 11 nitrogen and oxygen atoms in total. The first-order valence-corrected chi connectivity index (χ1v) is 12.0. The van der Waals surface area contributed by atoms with E-state index >= 15 is 0 Å². The van der Waals surface area contributed by atoms with Gasteiger partial charge in [0.15, 0.2) is 23.0 Å². The Morgan fingerprint density at radius 3 is 2.30 bits per heavy atom. The lowest BCUT2D eigenvalue weighted by atomic mass is 9.84. The first-order chi connectivity index (χ1) is 17.8. The Bertz CT molecular complexity index is 1050. The Balaban J connectivity index is 1.49. The molecular formula is C26H34O11. The van der Waals surface area contributed by atoms with Gasteiger partial charge in [0.05, 0.1) is 33.5 Å². The molecule has 0 bridgehead atoms. The van der Waals surface area contributed by atoms with Crippen molar-refractivity contribution in [2.45, 2.75) is 43.2 Å². The quantitative estimate of drug-likeness (QED) is 0.265. The van der Waals surface area contributed by atoms with E-state index in [1.165, 1.54) is 14.2 Å². The SMILES string of the molecule is COc1cc(C[C@@H]2CO[C@@H](c3ccc(O[C@@H]4O[C@@H](CO)[C@@H](O)[C@@H](O)[C@H]4O)c(OC)c3)[C@@H]2CO)ccc1O. The minimum absolute atomic E-state index is 0.0142. The van der Waals surface area contributed by atoms with Gasteiger partial charge in [-0.2, -0.15) is 0 Å². The van der Waals surface area contributed by atoms with E-state index in [0.717, 1.165) is 11.1 Å². The van der Waals surface area contributed by atoms with Crippen LogP contribution in [-0.2, 0) is 15.9 Å². The molecule has 8 atom stereocenters. The summed E-state index contributed by atoms with van der Waals surface area (Å²) in [5.41, 5.74) is 1.70. The second-order valence-corrected chi connectivity index (χ2v) is 9.30. The van der Waals surface area contributed by atoms with Crippen LogP contribution >= 0.6 is 0 Å². The monoisotopic (exact) mass is 522 g/mol. The molecule has 0 unspecified atom stereocenters. The molecule has 2 fully saturated rings. The van der Waals surface area contributed by atoms with Crippen LogP contribution < -0.4 is 14.2 Å². The van der Waals surface area contributed by atoms with Crippen LogP contribution in [0.1, 0.15) is 17.2 Å². The summed E-state index contributed by atoms with van der Waals surface area (Å²) in [5.74, 6) is 0.766. The lowest BCUT2D eigenvalue weighted by molar-refractivity contribution is -0.277. The lowest BCUT2D eigenvalue weighted by Crippen LogP contribution is -2.60. The predicted octanol–water partition coefficient (Wildman–Crippen LogP) is 0.127. The minimum atomic E-state index is -1.57. The molecule has 2 aromatic rings. The Hall–Kier alpha value is -2.64. The maximum absolute atomic E-state index is 10.3. The molecule has 2 heterocycles. The van der Waals surface area contributed by atoms with Crippen molar-refractivity contribution in [1.29, 1.82) is 0 Å². The van der Waals surface area contributed by atoms with E-state index in [-0.39, 0.29) is 29.9 Å². The van der Waals surface area contributed by atoms with Crippen LogP contribution in [0.2, 0.25) is 0 Å². The van der Waals surface area contributed by atoms with Gasteiger partial charge in [-0.05, 0) is 47.7 Å². The molecule has 2 aliphatic rings. The van der Waals surface area contributed by atoms with Crippen molar-refractivity contribution in [3.8, 4) is 23.0 Å². The number of aliphatic hydroxyl groups is 5. The van der Waals surface area contributed by atoms with Crippen LogP contribution in [0.15, 0.2) is 36.4 Å². The van der Waals surface area contributed by atoms with E-state index in [4.69, 9.17) is 23.7 Å². The third kappa shape index (κ3) is 5.63. The second kappa shape index (κ2) is 11.8. The number of rotatable bonds is 9.